The number of nitrogen functional groups attached to an aromatic ring is 1. The third-order valence-corrected chi connectivity index (χ3v) is 4.04. The van der Waals surface area contributed by atoms with Gasteiger partial charge in [0.1, 0.15) is 4.90 Å². The second kappa shape index (κ2) is 8.20. The molecule has 0 aliphatic rings. The molecule has 1 aromatic heterocycles. The molecule has 1 heterocycles. The summed E-state index contributed by atoms with van der Waals surface area (Å²) in [6, 6.07) is 0. The third-order valence-electron chi connectivity index (χ3n) is 2.56. The molecule has 1 aromatic rings. The summed E-state index contributed by atoms with van der Waals surface area (Å²) in [5.74, 6) is 0.00990. The minimum atomic E-state index is -3.62. The summed E-state index contributed by atoms with van der Waals surface area (Å²) in [6.07, 6.45) is 2.00. The number of anilines is 1. The van der Waals surface area contributed by atoms with Gasteiger partial charge in [-0.2, -0.15) is 5.10 Å². The Hall–Kier alpha value is -1.16. The summed E-state index contributed by atoms with van der Waals surface area (Å²) in [5.41, 5.74) is 5.60. The lowest BCUT2D eigenvalue weighted by Crippen LogP contribution is -2.26. The van der Waals surface area contributed by atoms with Gasteiger partial charge in [-0.05, 0) is 13.3 Å². The maximum atomic E-state index is 12.0. The fourth-order valence-electron chi connectivity index (χ4n) is 1.49. The van der Waals surface area contributed by atoms with E-state index in [4.69, 9.17) is 15.2 Å². The first-order valence-electron chi connectivity index (χ1n) is 6.40. The standard InChI is InChI=1S/C11H22N4O4S/c1-3-15-9-10(11(12)14-15)20(16,17)13-5-4-6-19-8-7-18-2/h9,13H,3-8H2,1-2H3,(H2,12,14). The van der Waals surface area contributed by atoms with Crippen LogP contribution in [0.4, 0.5) is 5.82 Å². The molecule has 0 aromatic carbocycles. The largest absolute Gasteiger partial charge is 0.382 e. The summed E-state index contributed by atoms with van der Waals surface area (Å²) in [5, 5.41) is 3.91. The molecular formula is C11H22N4O4S. The van der Waals surface area contributed by atoms with E-state index in [9.17, 15) is 8.42 Å². The van der Waals surface area contributed by atoms with Crippen LogP contribution in [0.3, 0.4) is 0 Å². The molecule has 0 bridgehead atoms. The lowest BCUT2D eigenvalue weighted by atomic mass is 10.5. The van der Waals surface area contributed by atoms with Crippen molar-refractivity contribution in [2.45, 2.75) is 24.8 Å². The number of aromatic nitrogens is 2. The van der Waals surface area contributed by atoms with Crippen molar-refractivity contribution in [2.24, 2.45) is 0 Å². The molecule has 0 amide bonds. The zero-order valence-electron chi connectivity index (χ0n) is 11.8. The van der Waals surface area contributed by atoms with Gasteiger partial charge in [-0.3, -0.25) is 4.68 Å². The Morgan fingerprint density at radius 1 is 1.40 bits per heavy atom. The number of nitrogens with one attached hydrogen (secondary N) is 1. The number of hydrogen-bond acceptors (Lipinski definition) is 6. The molecule has 0 unspecified atom stereocenters. The quantitative estimate of drug-likeness (QED) is 0.580. The van der Waals surface area contributed by atoms with Gasteiger partial charge in [0.25, 0.3) is 0 Å². The molecule has 8 nitrogen and oxygen atoms in total. The maximum Gasteiger partial charge on any atom is 0.245 e. The van der Waals surface area contributed by atoms with Crippen LogP contribution in [-0.4, -0.2) is 51.7 Å². The first kappa shape index (κ1) is 16.9. The van der Waals surface area contributed by atoms with Crippen molar-refractivity contribution in [3.63, 3.8) is 0 Å². The lowest BCUT2D eigenvalue weighted by Gasteiger charge is -2.06. The SMILES string of the molecule is CCn1cc(S(=O)(=O)NCCCOCCOC)c(N)n1. The van der Waals surface area contributed by atoms with Crippen molar-refractivity contribution in [1.29, 1.82) is 0 Å². The minimum Gasteiger partial charge on any atom is -0.382 e. The van der Waals surface area contributed by atoms with Crippen molar-refractivity contribution in [1.82, 2.24) is 14.5 Å². The molecule has 0 spiro atoms. The van der Waals surface area contributed by atoms with Gasteiger partial charge in [-0.1, -0.05) is 0 Å². The van der Waals surface area contributed by atoms with Crippen LogP contribution in [0.2, 0.25) is 0 Å². The van der Waals surface area contributed by atoms with E-state index in [0.29, 0.717) is 32.8 Å². The normalized spacial score (nSPS) is 11.9. The molecular weight excluding hydrogens is 284 g/mol. The topological polar surface area (TPSA) is 108 Å². The van der Waals surface area contributed by atoms with Gasteiger partial charge in [0, 0.05) is 33.0 Å². The average Bonchev–Trinajstić information content (AvgIpc) is 2.80. The number of nitrogens with two attached hydrogens (primary N) is 1. The molecule has 0 atom stereocenters. The van der Waals surface area contributed by atoms with E-state index in [2.05, 4.69) is 9.82 Å². The smallest absolute Gasteiger partial charge is 0.245 e. The molecule has 0 aliphatic carbocycles. The molecule has 9 heteroatoms. The Bertz CT molecular complexity index is 501. The Labute approximate surface area is 119 Å². The van der Waals surface area contributed by atoms with Crippen molar-refractivity contribution >= 4 is 15.8 Å². The van der Waals surface area contributed by atoms with Crippen molar-refractivity contribution < 1.29 is 17.9 Å². The van der Waals surface area contributed by atoms with E-state index in [1.54, 1.807) is 7.11 Å². The van der Waals surface area contributed by atoms with Crippen molar-refractivity contribution in [2.75, 3.05) is 39.2 Å². The van der Waals surface area contributed by atoms with Crippen LogP contribution in [0.1, 0.15) is 13.3 Å². The average molecular weight is 306 g/mol. The summed E-state index contributed by atoms with van der Waals surface area (Å²) in [7, 11) is -2.02. The third kappa shape index (κ3) is 5.08. The number of rotatable bonds is 10. The lowest BCUT2D eigenvalue weighted by molar-refractivity contribution is 0.0699. The number of hydrogen-bond donors (Lipinski definition) is 2. The van der Waals surface area contributed by atoms with E-state index in [1.807, 2.05) is 6.92 Å². The summed E-state index contributed by atoms with van der Waals surface area (Å²) >= 11 is 0. The van der Waals surface area contributed by atoms with Crippen LogP contribution in [0.5, 0.6) is 0 Å². The van der Waals surface area contributed by atoms with Gasteiger partial charge in [0.05, 0.1) is 13.2 Å². The highest BCUT2D eigenvalue weighted by Gasteiger charge is 2.20. The highest BCUT2D eigenvalue weighted by Crippen LogP contribution is 2.15. The van der Waals surface area contributed by atoms with E-state index < -0.39 is 10.0 Å². The van der Waals surface area contributed by atoms with Gasteiger partial charge in [0.2, 0.25) is 10.0 Å². The molecule has 0 saturated heterocycles. The van der Waals surface area contributed by atoms with Crippen LogP contribution in [-0.2, 0) is 26.0 Å². The molecule has 20 heavy (non-hydrogen) atoms. The predicted molar refractivity (Wildman–Crippen MR) is 74.8 cm³/mol. The number of methoxy groups -OCH3 is 1. The predicted octanol–water partition coefficient (Wildman–Crippen LogP) is -0.183. The molecule has 0 saturated carbocycles. The molecule has 1 rings (SSSR count). The van der Waals surface area contributed by atoms with Gasteiger partial charge < -0.3 is 15.2 Å². The zero-order valence-corrected chi connectivity index (χ0v) is 12.6. The fraction of sp³-hybridized carbons (Fsp3) is 0.727. The summed E-state index contributed by atoms with van der Waals surface area (Å²) in [6.45, 7) is 4.19. The van der Waals surface area contributed by atoms with Crippen LogP contribution < -0.4 is 10.5 Å². The van der Waals surface area contributed by atoms with Gasteiger partial charge in [-0.15, -0.1) is 0 Å². The van der Waals surface area contributed by atoms with Gasteiger partial charge >= 0.3 is 0 Å². The monoisotopic (exact) mass is 306 g/mol. The molecule has 3 N–H and O–H groups in total. The zero-order chi connectivity index (χ0) is 15.0. The second-order valence-corrected chi connectivity index (χ2v) is 5.83. The first-order chi connectivity index (χ1) is 9.51. The molecule has 0 radical (unpaired) electrons. The number of aryl methyl sites for hydroxylation is 1. The van der Waals surface area contributed by atoms with Gasteiger partial charge in [-0.25, -0.2) is 13.1 Å². The van der Waals surface area contributed by atoms with E-state index in [-0.39, 0.29) is 17.3 Å². The van der Waals surface area contributed by atoms with Crippen LogP contribution >= 0.6 is 0 Å². The highest BCUT2D eigenvalue weighted by atomic mass is 32.2. The number of sulfonamides is 1. The molecule has 116 valence electrons. The second-order valence-electron chi connectivity index (χ2n) is 4.09. The Balaban J connectivity index is 2.40. The van der Waals surface area contributed by atoms with Crippen molar-refractivity contribution in [3.05, 3.63) is 6.20 Å². The van der Waals surface area contributed by atoms with Crippen LogP contribution in [0.15, 0.2) is 11.1 Å². The van der Waals surface area contributed by atoms with E-state index in [1.165, 1.54) is 10.9 Å². The Morgan fingerprint density at radius 3 is 2.75 bits per heavy atom. The summed E-state index contributed by atoms with van der Waals surface area (Å²) in [4.78, 5) is 0.0136. The van der Waals surface area contributed by atoms with E-state index in [0.717, 1.165) is 0 Å². The van der Waals surface area contributed by atoms with Crippen molar-refractivity contribution in [3.8, 4) is 0 Å². The highest BCUT2D eigenvalue weighted by molar-refractivity contribution is 7.89. The molecule has 0 aliphatic heterocycles. The Morgan fingerprint density at radius 2 is 2.15 bits per heavy atom. The fourth-order valence-corrected chi connectivity index (χ4v) is 2.64. The maximum absolute atomic E-state index is 12.0. The van der Waals surface area contributed by atoms with E-state index >= 15 is 0 Å². The van der Waals surface area contributed by atoms with Gasteiger partial charge in [0.15, 0.2) is 5.82 Å². The van der Waals surface area contributed by atoms with Crippen LogP contribution in [0, 0.1) is 0 Å². The minimum absolute atomic E-state index is 0.00990. The number of nitrogens with zero attached hydrogens (tertiary/aromatic N) is 2. The Kier molecular flexibility index (Phi) is 6.93. The van der Waals surface area contributed by atoms with Crippen LogP contribution in [0.25, 0.3) is 0 Å². The number of ether oxygens (including phenoxy) is 2. The molecule has 0 fully saturated rings. The summed E-state index contributed by atoms with van der Waals surface area (Å²) < 4.78 is 38.0. The first-order valence-corrected chi connectivity index (χ1v) is 7.89.